The highest BCUT2D eigenvalue weighted by Gasteiger charge is 2.41. The minimum absolute atomic E-state index is 0.0158. The molecule has 0 saturated carbocycles. The van der Waals surface area contributed by atoms with Crippen LogP contribution >= 0.6 is 0 Å². The number of carbonyl (C=O) groups excluding carboxylic acids is 2. The van der Waals surface area contributed by atoms with Crippen LogP contribution in [-0.4, -0.2) is 80.4 Å². The molecule has 0 radical (unpaired) electrons. The van der Waals surface area contributed by atoms with Gasteiger partial charge in [-0.15, -0.1) is 0 Å². The molecule has 3 amide bonds. The number of likely N-dealkylation sites (tertiary alicyclic amines) is 1. The lowest BCUT2D eigenvalue weighted by atomic mass is 9.83. The molecule has 138 valence electrons. The van der Waals surface area contributed by atoms with E-state index in [-0.39, 0.29) is 30.3 Å². The first kappa shape index (κ1) is 19.0. The number of amides is 3. The normalized spacial score (nSPS) is 23.1. The predicted octanol–water partition coefficient (Wildman–Crippen LogP) is 1.22. The fourth-order valence-corrected chi connectivity index (χ4v) is 3.25. The standard InChI is InChI=1S/C17H31N3O4/c1-4-8-18-16(22)20-9-6-17(7-10-20)12-14(5-11-24-17)23-13-15(21)19(2)3/h14H,4-13H2,1-3H3,(H,18,22). The SMILES string of the molecule is CCCNC(=O)N1CCC2(CC1)CC(OCC(=O)N(C)C)CCO2. The number of urea groups is 1. The average molecular weight is 341 g/mol. The molecule has 2 aliphatic heterocycles. The summed E-state index contributed by atoms with van der Waals surface area (Å²) in [6.07, 6.45) is 4.28. The summed E-state index contributed by atoms with van der Waals surface area (Å²) in [5.41, 5.74) is -0.203. The lowest BCUT2D eigenvalue weighted by Gasteiger charge is -2.46. The molecule has 7 nitrogen and oxygen atoms in total. The van der Waals surface area contributed by atoms with Crippen molar-refractivity contribution in [2.75, 3.05) is 46.9 Å². The van der Waals surface area contributed by atoms with Gasteiger partial charge in [-0.3, -0.25) is 4.79 Å². The van der Waals surface area contributed by atoms with E-state index in [0.29, 0.717) is 26.2 Å². The summed E-state index contributed by atoms with van der Waals surface area (Å²) >= 11 is 0. The van der Waals surface area contributed by atoms with Gasteiger partial charge in [0.2, 0.25) is 5.91 Å². The highest BCUT2D eigenvalue weighted by atomic mass is 16.5. The maximum absolute atomic E-state index is 12.0. The van der Waals surface area contributed by atoms with Gasteiger partial charge >= 0.3 is 6.03 Å². The third kappa shape index (κ3) is 5.08. The number of hydrogen-bond acceptors (Lipinski definition) is 4. The highest BCUT2D eigenvalue weighted by Crippen LogP contribution is 2.36. The topological polar surface area (TPSA) is 71.1 Å². The van der Waals surface area contributed by atoms with Gasteiger partial charge in [0.25, 0.3) is 0 Å². The molecule has 2 aliphatic rings. The number of nitrogens with one attached hydrogen (secondary N) is 1. The van der Waals surface area contributed by atoms with Crippen LogP contribution in [0.4, 0.5) is 4.79 Å². The van der Waals surface area contributed by atoms with Crippen molar-refractivity contribution in [3.8, 4) is 0 Å². The number of rotatable bonds is 5. The Labute approximate surface area is 144 Å². The first-order valence-electron chi connectivity index (χ1n) is 8.94. The molecular formula is C17H31N3O4. The van der Waals surface area contributed by atoms with Gasteiger partial charge in [0.05, 0.1) is 11.7 Å². The van der Waals surface area contributed by atoms with Crippen molar-refractivity contribution in [1.82, 2.24) is 15.1 Å². The highest BCUT2D eigenvalue weighted by molar-refractivity contribution is 5.76. The minimum Gasteiger partial charge on any atom is -0.375 e. The summed E-state index contributed by atoms with van der Waals surface area (Å²) in [5, 5.41) is 2.92. The monoisotopic (exact) mass is 341 g/mol. The van der Waals surface area contributed by atoms with E-state index in [4.69, 9.17) is 9.47 Å². The molecule has 0 aromatic rings. The zero-order valence-corrected chi connectivity index (χ0v) is 15.2. The summed E-state index contributed by atoms with van der Waals surface area (Å²) in [7, 11) is 3.47. The Morgan fingerprint density at radius 3 is 2.67 bits per heavy atom. The Morgan fingerprint density at radius 1 is 1.33 bits per heavy atom. The van der Waals surface area contributed by atoms with Crippen LogP contribution in [0.2, 0.25) is 0 Å². The second-order valence-electron chi connectivity index (χ2n) is 6.96. The van der Waals surface area contributed by atoms with E-state index >= 15 is 0 Å². The summed E-state index contributed by atoms with van der Waals surface area (Å²) in [5.74, 6) is -0.0158. The second kappa shape index (κ2) is 8.67. The minimum atomic E-state index is -0.203. The Kier molecular flexibility index (Phi) is 6.86. The molecule has 1 atom stereocenters. The first-order valence-corrected chi connectivity index (χ1v) is 8.94. The first-order chi connectivity index (χ1) is 11.5. The summed E-state index contributed by atoms with van der Waals surface area (Å²) in [4.78, 5) is 27.1. The molecule has 0 bridgehead atoms. The lowest BCUT2D eigenvalue weighted by Crippen LogP contribution is -2.54. The Balaban J connectivity index is 1.79. The van der Waals surface area contributed by atoms with Crippen molar-refractivity contribution in [1.29, 1.82) is 0 Å². The zero-order chi connectivity index (χ0) is 17.6. The van der Waals surface area contributed by atoms with E-state index in [1.54, 1.807) is 19.0 Å². The largest absolute Gasteiger partial charge is 0.375 e. The van der Waals surface area contributed by atoms with Gasteiger partial charge in [0, 0.05) is 46.8 Å². The number of likely N-dealkylation sites (N-methyl/N-ethyl adjacent to an activating group) is 1. The van der Waals surface area contributed by atoms with Crippen molar-refractivity contribution in [2.24, 2.45) is 0 Å². The number of nitrogens with zero attached hydrogens (tertiary/aromatic N) is 2. The average Bonchev–Trinajstić information content (AvgIpc) is 2.58. The fraction of sp³-hybridized carbons (Fsp3) is 0.882. The molecular weight excluding hydrogens is 310 g/mol. The number of piperidine rings is 1. The smallest absolute Gasteiger partial charge is 0.317 e. The van der Waals surface area contributed by atoms with Gasteiger partial charge in [-0.25, -0.2) is 4.79 Å². The van der Waals surface area contributed by atoms with Gasteiger partial charge in [0.1, 0.15) is 6.61 Å². The van der Waals surface area contributed by atoms with Crippen molar-refractivity contribution >= 4 is 11.9 Å². The van der Waals surface area contributed by atoms with Crippen LogP contribution in [0.25, 0.3) is 0 Å². The molecule has 1 unspecified atom stereocenters. The van der Waals surface area contributed by atoms with Crippen LogP contribution in [0.1, 0.15) is 39.0 Å². The van der Waals surface area contributed by atoms with Crippen molar-refractivity contribution in [2.45, 2.75) is 50.7 Å². The van der Waals surface area contributed by atoms with Crippen LogP contribution in [0.5, 0.6) is 0 Å². The molecule has 1 spiro atoms. The molecule has 24 heavy (non-hydrogen) atoms. The van der Waals surface area contributed by atoms with Crippen molar-refractivity contribution in [3.05, 3.63) is 0 Å². The molecule has 2 rings (SSSR count). The van der Waals surface area contributed by atoms with E-state index < -0.39 is 0 Å². The molecule has 1 N–H and O–H groups in total. The maximum Gasteiger partial charge on any atom is 0.317 e. The van der Waals surface area contributed by atoms with Crippen LogP contribution in [0.15, 0.2) is 0 Å². The van der Waals surface area contributed by atoms with E-state index in [1.807, 2.05) is 11.8 Å². The maximum atomic E-state index is 12.0. The fourth-order valence-electron chi connectivity index (χ4n) is 3.25. The second-order valence-corrected chi connectivity index (χ2v) is 6.96. The predicted molar refractivity (Wildman–Crippen MR) is 90.8 cm³/mol. The Hall–Kier alpha value is -1.34. The Bertz CT molecular complexity index is 434. The van der Waals surface area contributed by atoms with E-state index in [0.717, 1.165) is 32.1 Å². The van der Waals surface area contributed by atoms with Crippen LogP contribution < -0.4 is 5.32 Å². The van der Waals surface area contributed by atoms with Gasteiger partial charge in [0.15, 0.2) is 0 Å². The number of carbonyl (C=O) groups is 2. The number of hydrogen-bond donors (Lipinski definition) is 1. The van der Waals surface area contributed by atoms with E-state index in [2.05, 4.69) is 5.32 Å². The number of ether oxygens (including phenoxy) is 2. The van der Waals surface area contributed by atoms with E-state index in [9.17, 15) is 9.59 Å². The molecule has 0 aliphatic carbocycles. The quantitative estimate of drug-likeness (QED) is 0.816. The lowest BCUT2D eigenvalue weighted by molar-refractivity contribution is -0.160. The summed E-state index contributed by atoms with van der Waals surface area (Å²) in [6, 6.07) is 0.0203. The molecule has 2 fully saturated rings. The van der Waals surface area contributed by atoms with Gasteiger partial charge < -0.3 is 24.6 Å². The third-order valence-electron chi connectivity index (χ3n) is 4.88. The third-order valence-corrected chi connectivity index (χ3v) is 4.88. The molecule has 7 heteroatoms. The molecule has 0 aromatic carbocycles. The molecule has 2 saturated heterocycles. The van der Waals surface area contributed by atoms with Gasteiger partial charge in [-0.05, 0) is 25.7 Å². The van der Waals surface area contributed by atoms with E-state index in [1.165, 1.54) is 0 Å². The summed E-state index contributed by atoms with van der Waals surface area (Å²) < 4.78 is 11.9. The van der Waals surface area contributed by atoms with Crippen LogP contribution in [0.3, 0.4) is 0 Å². The zero-order valence-electron chi connectivity index (χ0n) is 15.2. The van der Waals surface area contributed by atoms with Crippen LogP contribution in [-0.2, 0) is 14.3 Å². The molecule has 0 aromatic heterocycles. The van der Waals surface area contributed by atoms with Gasteiger partial charge in [-0.2, -0.15) is 0 Å². The molecule has 2 heterocycles. The Morgan fingerprint density at radius 2 is 2.04 bits per heavy atom. The van der Waals surface area contributed by atoms with Crippen molar-refractivity contribution in [3.63, 3.8) is 0 Å². The van der Waals surface area contributed by atoms with Crippen LogP contribution in [0, 0.1) is 0 Å². The summed E-state index contributed by atoms with van der Waals surface area (Å²) in [6.45, 7) is 4.95. The van der Waals surface area contributed by atoms with Gasteiger partial charge in [-0.1, -0.05) is 6.92 Å². The van der Waals surface area contributed by atoms with Crippen molar-refractivity contribution < 1.29 is 19.1 Å².